The van der Waals surface area contributed by atoms with Crippen molar-refractivity contribution < 1.29 is 4.79 Å². The number of aromatic nitrogens is 3. The van der Waals surface area contributed by atoms with E-state index in [-0.39, 0.29) is 11.8 Å². The lowest BCUT2D eigenvalue weighted by Crippen LogP contribution is -2.28. The lowest BCUT2D eigenvalue weighted by Gasteiger charge is -2.22. The van der Waals surface area contributed by atoms with Crippen molar-refractivity contribution in [2.45, 2.75) is 29.9 Å². The van der Waals surface area contributed by atoms with Gasteiger partial charge < -0.3 is 5.32 Å². The SMILES string of the molecule is O=C(Nc1ccc(SCc2cccnc2)cc1)C1CCc2ncncc2C1. The van der Waals surface area contributed by atoms with E-state index in [9.17, 15) is 4.79 Å². The van der Waals surface area contributed by atoms with E-state index in [0.29, 0.717) is 6.42 Å². The van der Waals surface area contributed by atoms with Gasteiger partial charge in [-0.25, -0.2) is 9.97 Å². The second kappa shape index (κ2) is 8.31. The molecule has 27 heavy (non-hydrogen) atoms. The Labute approximate surface area is 162 Å². The average Bonchev–Trinajstić information content (AvgIpc) is 2.73. The fourth-order valence-electron chi connectivity index (χ4n) is 3.21. The normalized spacial score (nSPS) is 15.8. The number of carbonyl (C=O) groups is 1. The van der Waals surface area contributed by atoms with Crippen molar-refractivity contribution in [1.82, 2.24) is 15.0 Å². The largest absolute Gasteiger partial charge is 0.326 e. The summed E-state index contributed by atoms with van der Waals surface area (Å²) < 4.78 is 0. The number of anilines is 1. The van der Waals surface area contributed by atoms with Gasteiger partial charge in [-0.1, -0.05) is 6.07 Å². The molecule has 1 amide bonds. The molecule has 1 aromatic carbocycles. The summed E-state index contributed by atoms with van der Waals surface area (Å²) in [6, 6.07) is 12.0. The Morgan fingerprint density at radius 2 is 2.04 bits per heavy atom. The molecule has 1 atom stereocenters. The smallest absolute Gasteiger partial charge is 0.227 e. The zero-order chi connectivity index (χ0) is 18.5. The number of carbonyl (C=O) groups excluding carboxylic acids is 1. The predicted molar refractivity (Wildman–Crippen MR) is 106 cm³/mol. The molecule has 1 unspecified atom stereocenters. The lowest BCUT2D eigenvalue weighted by atomic mass is 9.87. The van der Waals surface area contributed by atoms with Gasteiger partial charge in [0.1, 0.15) is 6.33 Å². The van der Waals surface area contributed by atoms with Gasteiger partial charge in [0.25, 0.3) is 0 Å². The molecule has 136 valence electrons. The van der Waals surface area contributed by atoms with Gasteiger partial charge in [0.2, 0.25) is 5.91 Å². The maximum Gasteiger partial charge on any atom is 0.227 e. The topological polar surface area (TPSA) is 67.8 Å². The summed E-state index contributed by atoms with van der Waals surface area (Å²) in [7, 11) is 0. The molecule has 0 radical (unpaired) electrons. The van der Waals surface area contributed by atoms with E-state index in [1.54, 1.807) is 24.3 Å². The van der Waals surface area contributed by atoms with E-state index in [4.69, 9.17) is 0 Å². The van der Waals surface area contributed by atoms with Crippen molar-refractivity contribution in [3.8, 4) is 0 Å². The van der Waals surface area contributed by atoms with Gasteiger partial charge in [0.05, 0.1) is 0 Å². The minimum atomic E-state index is -0.0249. The maximum absolute atomic E-state index is 12.6. The van der Waals surface area contributed by atoms with E-state index in [1.165, 1.54) is 10.5 Å². The third kappa shape index (κ3) is 4.52. The molecule has 0 fully saturated rings. The second-order valence-corrected chi connectivity index (χ2v) is 7.65. The first-order chi connectivity index (χ1) is 13.3. The van der Waals surface area contributed by atoms with E-state index < -0.39 is 0 Å². The monoisotopic (exact) mass is 376 g/mol. The van der Waals surface area contributed by atoms with Crippen LogP contribution < -0.4 is 5.32 Å². The molecule has 0 aliphatic heterocycles. The molecule has 0 saturated heterocycles. The lowest BCUT2D eigenvalue weighted by molar-refractivity contribution is -0.120. The number of hydrogen-bond donors (Lipinski definition) is 1. The van der Waals surface area contributed by atoms with Gasteiger partial charge >= 0.3 is 0 Å². The summed E-state index contributed by atoms with van der Waals surface area (Å²) in [6.45, 7) is 0. The molecule has 2 aromatic heterocycles. The first-order valence-electron chi connectivity index (χ1n) is 8.98. The van der Waals surface area contributed by atoms with Gasteiger partial charge in [-0.05, 0) is 60.7 Å². The number of amides is 1. The number of rotatable bonds is 5. The maximum atomic E-state index is 12.6. The minimum absolute atomic E-state index is 0.0249. The van der Waals surface area contributed by atoms with Crippen LogP contribution in [0.3, 0.4) is 0 Å². The molecular formula is C21H20N4OS. The fraction of sp³-hybridized carbons (Fsp3) is 0.238. The number of hydrogen-bond acceptors (Lipinski definition) is 5. The van der Waals surface area contributed by atoms with Crippen LogP contribution >= 0.6 is 11.8 Å². The molecule has 2 heterocycles. The quantitative estimate of drug-likeness (QED) is 0.684. The van der Waals surface area contributed by atoms with Crippen molar-refractivity contribution in [3.05, 3.63) is 78.1 Å². The third-order valence-electron chi connectivity index (χ3n) is 4.70. The minimum Gasteiger partial charge on any atom is -0.326 e. The standard InChI is InChI=1S/C21H20N4OS/c26-21(16-3-8-20-17(10-16)12-23-14-24-20)25-18-4-6-19(7-5-18)27-13-15-2-1-9-22-11-15/h1-2,4-7,9,11-12,14,16H,3,8,10,13H2,(H,25,26). The van der Waals surface area contributed by atoms with Gasteiger partial charge in [-0.15, -0.1) is 11.8 Å². The number of fused-ring (bicyclic) bond motifs is 1. The van der Waals surface area contributed by atoms with Crippen LogP contribution in [0, 0.1) is 5.92 Å². The van der Waals surface area contributed by atoms with Crippen LogP contribution in [-0.4, -0.2) is 20.9 Å². The average molecular weight is 376 g/mol. The highest BCUT2D eigenvalue weighted by atomic mass is 32.2. The summed E-state index contributed by atoms with van der Waals surface area (Å²) >= 11 is 1.75. The number of thioether (sulfide) groups is 1. The summed E-state index contributed by atoms with van der Waals surface area (Å²) in [5, 5.41) is 3.04. The highest BCUT2D eigenvalue weighted by Crippen LogP contribution is 2.26. The Kier molecular flexibility index (Phi) is 5.44. The molecule has 0 bridgehead atoms. The van der Waals surface area contributed by atoms with Crippen molar-refractivity contribution in [1.29, 1.82) is 0 Å². The van der Waals surface area contributed by atoms with E-state index in [0.717, 1.165) is 35.5 Å². The molecule has 4 rings (SSSR count). The first kappa shape index (κ1) is 17.7. The van der Waals surface area contributed by atoms with Crippen LogP contribution in [0.15, 0.2) is 66.2 Å². The van der Waals surface area contributed by atoms with Crippen LogP contribution in [0.2, 0.25) is 0 Å². The van der Waals surface area contributed by atoms with Gasteiger partial charge in [0, 0.05) is 46.5 Å². The summed E-state index contributed by atoms with van der Waals surface area (Å²) in [5.41, 5.74) is 4.19. The van der Waals surface area contributed by atoms with E-state index in [1.807, 2.05) is 42.7 Å². The zero-order valence-electron chi connectivity index (χ0n) is 14.8. The molecule has 1 N–H and O–H groups in total. The van der Waals surface area contributed by atoms with Gasteiger partial charge in [0.15, 0.2) is 0 Å². The number of benzene rings is 1. The Morgan fingerprint density at radius 3 is 2.85 bits per heavy atom. The summed E-state index contributed by atoms with van der Waals surface area (Å²) in [5.74, 6) is 0.923. The Hall–Kier alpha value is -2.73. The Balaban J connectivity index is 1.32. The van der Waals surface area contributed by atoms with Crippen LogP contribution in [-0.2, 0) is 23.4 Å². The highest BCUT2D eigenvalue weighted by molar-refractivity contribution is 7.98. The Morgan fingerprint density at radius 1 is 1.15 bits per heavy atom. The van der Waals surface area contributed by atoms with Crippen LogP contribution in [0.5, 0.6) is 0 Å². The molecule has 6 heteroatoms. The molecular weight excluding hydrogens is 356 g/mol. The number of nitrogens with one attached hydrogen (secondary N) is 1. The van der Waals surface area contributed by atoms with E-state index in [2.05, 4.69) is 26.3 Å². The molecule has 3 aromatic rings. The highest BCUT2D eigenvalue weighted by Gasteiger charge is 2.25. The Bertz CT molecular complexity index is 915. The van der Waals surface area contributed by atoms with Crippen LogP contribution in [0.25, 0.3) is 0 Å². The van der Waals surface area contributed by atoms with Crippen LogP contribution in [0.4, 0.5) is 5.69 Å². The molecule has 1 aliphatic carbocycles. The van der Waals surface area contributed by atoms with Crippen molar-refractivity contribution in [2.75, 3.05) is 5.32 Å². The molecule has 0 saturated carbocycles. The number of aryl methyl sites for hydroxylation is 1. The summed E-state index contributed by atoms with van der Waals surface area (Å²) in [6.07, 6.45) is 9.44. The van der Waals surface area contributed by atoms with Crippen molar-refractivity contribution >= 4 is 23.4 Å². The zero-order valence-corrected chi connectivity index (χ0v) is 15.7. The number of nitrogens with zero attached hydrogens (tertiary/aromatic N) is 3. The third-order valence-corrected chi connectivity index (χ3v) is 5.78. The van der Waals surface area contributed by atoms with Crippen molar-refractivity contribution in [3.63, 3.8) is 0 Å². The van der Waals surface area contributed by atoms with E-state index >= 15 is 0 Å². The summed E-state index contributed by atoms with van der Waals surface area (Å²) in [4.78, 5) is 26.3. The molecule has 0 spiro atoms. The second-order valence-electron chi connectivity index (χ2n) is 6.60. The van der Waals surface area contributed by atoms with Gasteiger partial charge in [-0.3, -0.25) is 9.78 Å². The predicted octanol–water partition coefficient (Wildman–Crippen LogP) is 3.91. The molecule has 5 nitrogen and oxygen atoms in total. The molecule has 1 aliphatic rings. The number of pyridine rings is 1. The first-order valence-corrected chi connectivity index (χ1v) is 9.97. The van der Waals surface area contributed by atoms with Crippen LogP contribution in [0.1, 0.15) is 23.2 Å². The van der Waals surface area contributed by atoms with Crippen molar-refractivity contribution in [2.24, 2.45) is 5.92 Å². The fourth-order valence-corrected chi connectivity index (χ4v) is 4.04. The van der Waals surface area contributed by atoms with Gasteiger partial charge in [-0.2, -0.15) is 0 Å².